The summed E-state index contributed by atoms with van der Waals surface area (Å²) < 4.78 is 0. The number of anilines is 1. The Morgan fingerprint density at radius 1 is 1.24 bits per heavy atom. The second-order valence-corrected chi connectivity index (χ2v) is 5.80. The number of hydrogen-bond donors (Lipinski definition) is 2. The minimum atomic E-state index is -0.0735. The fourth-order valence-corrected chi connectivity index (χ4v) is 3.16. The normalized spacial score (nSPS) is 18.5. The van der Waals surface area contributed by atoms with Crippen molar-refractivity contribution in [1.82, 2.24) is 9.97 Å². The van der Waals surface area contributed by atoms with Crippen LogP contribution >= 0.6 is 0 Å². The van der Waals surface area contributed by atoms with Crippen molar-refractivity contribution in [2.75, 3.05) is 5.32 Å². The molecule has 21 heavy (non-hydrogen) atoms. The summed E-state index contributed by atoms with van der Waals surface area (Å²) in [6.07, 6.45) is 6.66. The van der Waals surface area contributed by atoms with E-state index in [-0.39, 0.29) is 5.91 Å². The summed E-state index contributed by atoms with van der Waals surface area (Å²) in [6.45, 7) is 1.94. The third-order valence-electron chi connectivity index (χ3n) is 4.22. The van der Waals surface area contributed by atoms with Crippen LogP contribution in [0.15, 0.2) is 18.2 Å². The van der Waals surface area contributed by atoms with Crippen LogP contribution in [0.5, 0.6) is 0 Å². The van der Waals surface area contributed by atoms with Crippen molar-refractivity contribution in [1.29, 1.82) is 0 Å². The fourth-order valence-electron chi connectivity index (χ4n) is 3.16. The van der Waals surface area contributed by atoms with Crippen LogP contribution in [0.1, 0.15) is 41.2 Å². The van der Waals surface area contributed by atoms with Crippen molar-refractivity contribution in [3.63, 3.8) is 0 Å². The van der Waals surface area contributed by atoms with E-state index in [1.54, 1.807) is 0 Å². The number of nitrogens with zero attached hydrogens (tertiary/aromatic N) is 1. The molecule has 0 radical (unpaired) electrons. The number of aryl methyl sites for hydroxylation is 3. The zero-order valence-electron chi connectivity index (χ0n) is 12.0. The first-order chi connectivity index (χ1) is 10.2. The molecule has 0 spiro atoms. The third-order valence-corrected chi connectivity index (χ3v) is 4.22. The minimum Gasteiger partial charge on any atom is -0.359 e. The number of hydrogen-bond acceptors (Lipinski definition) is 2. The van der Waals surface area contributed by atoms with Crippen LogP contribution in [-0.2, 0) is 17.6 Å². The van der Waals surface area contributed by atoms with Gasteiger partial charge in [0.15, 0.2) is 0 Å². The molecule has 2 aliphatic rings. The maximum atomic E-state index is 12.2. The van der Waals surface area contributed by atoms with E-state index in [0.29, 0.717) is 5.57 Å². The van der Waals surface area contributed by atoms with E-state index in [0.717, 1.165) is 35.6 Å². The summed E-state index contributed by atoms with van der Waals surface area (Å²) in [5.74, 6) is -0.0735. The van der Waals surface area contributed by atoms with E-state index in [1.807, 2.05) is 25.1 Å². The van der Waals surface area contributed by atoms with E-state index in [2.05, 4.69) is 21.4 Å². The van der Waals surface area contributed by atoms with Crippen LogP contribution in [0.4, 0.5) is 5.69 Å². The Bertz CT molecular complexity index is 747. The Labute approximate surface area is 123 Å². The standard InChI is InChI=1S/C17H17N3O/c1-10-6-7-15-16(18-10)13(17(21)20-15)9-12-8-11-4-2-3-5-14(11)19-12/h6-9,19H,2-5H2,1H3,(H,20,21). The number of H-pyrrole nitrogens is 1. The maximum Gasteiger partial charge on any atom is 0.258 e. The summed E-state index contributed by atoms with van der Waals surface area (Å²) in [5, 5.41) is 2.87. The van der Waals surface area contributed by atoms with Crippen molar-refractivity contribution in [3.8, 4) is 0 Å². The second-order valence-electron chi connectivity index (χ2n) is 5.80. The second kappa shape index (κ2) is 4.58. The number of pyridine rings is 1. The predicted octanol–water partition coefficient (Wildman–Crippen LogP) is 3.09. The zero-order valence-corrected chi connectivity index (χ0v) is 12.0. The Morgan fingerprint density at radius 2 is 2.10 bits per heavy atom. The van der Waals surface area contributed by atoms with Crippen molar-refractivity contribution < 1.29 is 4.79 Å². The summed E-state index contributed by atoms with van der Waals surface area (Å²) in [6, 6.07) is 5.99. The SMILES string of the molecule is Cc1ccc2c(n1)C(=Cc1cc3c([nH]1)CCCC3)C(=O)N2. The average Bonchev–Trinajstić information content (AvgIpc) is 3.01. The van der Waals surface area contributed by atoms with Gasteiger partial charge in [0.25, 0.3) is 5.91 Å². The Morgan fingerprint density at radius 3 is 2.95 bits per heavy atom. The molecule has 4 heteroatoms. The van der Waals surface area contributed by atoms with Gasteiger partial charge in [-0.15, -0.1) is 0 Å². The van der Waals surface area contributed by atoms with Crippen LogP contribution in [0.25, 0.3) is 11.6 Å². The highest BCUT2D eigenvalue weighted by Crippen LogP contribution is 2.32. The molecule has 4 nitrogen and oxygen atoms in total. The minimum absolute atomic E-state index is 0.0735. The molecule has 0 fully saturated rings. The van der Waals surface area contributed by atoms with E-state index >= 15 is 0 Å². The van der Waals surface area contributed by atoms with Crippen LogP contribution in [0.3, 0.4) is 0 Å². The lowest BCUT2D eigenvalue weighted by atomic mass is 9.98. The Balaban J connectivity index is 1.78. The smallest absolute Gasteiger partial charge is 0.258 e. The van der Waals surface area contributed by atoms with Crippen LogP contribution in [0.2, 0.25) is 0 Å². The molecule has 1 aliphatic carbocycles. The predicted molar refractivity (Wildman–Crippen MR) is 82.9 cm³/mol. The molecule has 2 aromatic rings. The number of fused-ring (bicyclic) bond motifs is 2. The van der Waals surface area contributed by atoms with Crippen molar-refractivity contribution in [2.24, 2.45) is 0 Å². The lowest BCUT2D eigenvalue weighted by Crippen LogP contribution is -2.03. The lowest BCUT2D eigenvalue weighted by Gasteiger charge is -2.08. The number of aromatic amines is 1. The van der Waals surface area contributed by atoms with Gasteiger partial charge < -0.3 is 10.3 Å². The number of rotatable bonds is 1. The summed E-state index contributed by atoms with van der Waals surface area (Å²) in [5.41, 5.74) is 6.84. The van der Waals surface area contributed by atoms with Gasteiger partial charge >= 0.3 is 0 Å². The first kappa shape index (κ1) is 12.4. The molecule has 4 rings (SSSR count). The van der Waals surface area contributed by atoms with Gasteiger partial charge in [-0.05, 0) is 62.4 Å². The monoisotopic (exact) mass is 279 g/mol. The molecule has 1 aliphatic heterocycles. The number of nitrogens with one attached hydrogen (secondary N) is 2. The fraction of sp³-hybridized carbons (Fsp3) is 0.294. The van der Waals surface area contributed by atoms with Gasteiger partial charge in [0.05, 0.1) is 17.0 Å². The average molecular weight is 279 g/mol. The molecule has 106 valence electrons. The van der Waals surface area contributed by atoms with Crippen LogP contribution < -0.4 is 5.32 Å². The summed E-state index contributed by atoms with van der Waals surface area (Å²) in [7, 11) is 0. The molecule has 1 amide bonds. The first-order valence-corrected chi connectivity index (χ1v) is 7.42. The molecular weight excluding hydrogens is 262 g/mol. The van der Waals surface area contributed by atoms with Gasteiger partial charge in [-0.3, -0.25) is 9.78 Å². The number of carbonyl (C=O) groups is 1. The number of carbonyl (C=O) groups excluding carboxylic acids is 1. The van der Waals surface area contributed by atoms with E-state index in [9.17, 15) is 4.79 Å². The van der Waals surface area contributed by atoms with E-state index in [4.69, 9.17) is 0 Å². The quantitative estimate of drug-likeness (QED) is 0.788. The Hall–Kier alpha value is -2.36. The number of amides is 1. The molecule has 0 atom stereocenters. The van der Waals surface area contributed by atoms with E-state index in [1.165, 1.54) is 24.1 Å². The molecule has 0 bridgehead atoms. The van der Waals surface area contributed by atoms with Gasteiger partial charge in [0.1, 0.15) is 0 Å². The topological polar surface area (TPSA) is 57.8 Å². The molecule has 2 N–H and O–H groups in total. The van der Waals surface area contributed by atoms with Crippen LogP contribution in [0, 0.1) is 6.92 Å². The molecule has 0 unspecified atom stereocenters. The zero-order chi connectivity index (χ0) is 14.4. The molecule has 0 aromatic carbocycles. The van der Waals surface area contributed by atoms with Gasteiger partial charge in [-0.1, -0.05) is 0 Å². The first-order valence-electron chi connectivity index (χ1n) is 7.42. The van der Waals surface area contributed by atoms with Crippen molar-refractivity contribution in [3.05, 3.63) is 46.5 Å². The Kier molecular flexibility index (Phi) is 2.70. The highest BCUT2D eigenvalue weighted by atomic mass is 16.2. The van der Waals surface area contributed by atoms with Gasteiger partial charge in [0.2, 0.25) is 0 Å². The van der Waals surface area contributed by atoms with Gasteiger partial charge in [-0.2, -0.15) is 0 Å². The third kappa shape index (κ3) is 2.07. The van der Waals surface area contributed by atoms with Gasteiger partial charge in [0, 0.05) is 17.1 Å². The van der Waals surface area contributed by atoms with Crippen molar-refractivity contribution >= 4 is 23.2 Å². The number of aromatic nitrogens is 2. The maximum absolute atomic E-state index is 12.2. The molecule has 0 saturated heterocycles. The van der Waals surface area contributed by atoms with Crippen LogP contribution in [-0.4, -0.2) is 15.9 Å². The summed E-state index contributed by atoms with van der Waals surface area (Å²) >= 11 is 0. The summed E-state index contributed by atoms with van der Waals surface area (Å²) in [4.78, 5) is 20.1. The highest BCUT2D eigenvalue weighted by molar-refractivity contribution is 6.34. The van der Waals surface area contributed by atoms with Gasteiger partial charge in [-0.25, -0.2) is 0 Å². The van der Waals surface area contributed by atoms with Crippen molar-refractivity contribution in [2.45, 2.75) is 32.6 Å². The molecular formula is C17H17N3O. The molecule has 3 heterocycles. The highest BCUT2D eigenvalue weighted by Gasteiger charge is 2.26. The largest absolute Gasteiger partial charge is 0.359 e. The molecule has 2 aromatic heterocycles. The lowest BCUT2D eigenvalue weighted by molar-refractivity contribution is -0.110. The molecule has 0 saturated carbocycles. The van der Waals surface area contributed by atoms with E-state index < -0.39 is 0 Å².